The first-order chi connectivity index (χ1) is 6.76. The third-order valence-corrected chi connectivity index (χ3v) is 3.96. The molecule has 0 saturated heterocycles. The minimum absolute atomic E-state index is 0.0771. The third-order valence-electron chi connectivity index (χ3n) is 1.77. The number of hydrogen-bond acceptors (Lipinski definition) is 3. The molecule has 0 radical (unpaired) electrons. The zero-order valence-corrected chi connectivity index (χ0v) is 9.90. The molecule has 1 atom stereocenters. The zero-order chi connectivity index (χ0) is 11.8. The van der Waals surface area contributed by atoms with Crippen LogP contribution in [0.4, 0.5) is 8.78 Å². The van der Waals surface area contributed by atoms with Gasteiger partial charge in [0.05, 0.1) is 0 Å². The van der Waals surface area contributed by atoms with Crippen molar-refractivity contribution in [2.45, 2.75) is 19.0 Å². The number of hydrogen-bond donors (Lipinski definition) is 2. The molecule has 3 nitrogen and oxygen atoms in total. The van der Waals surface area contributed by atoms with E-state index in [4.69, 9.17) is 5.11 Å². The van der Waals surface area contributed by atoms with E-state index in [0.717, 1.165) is 11.3 Å². The molecule has 1 unspecified atom stereocenters. The molecule has 0 aromatic carbocycles. The number of rotatable bonds is 3. The molecule has 1 aromatic heterocycles. The van der Waals surface area contributed by atoms with Crippen LogP contribution in [0, 0.1) is 6.92 Å². The van der Waals surface area contributed by atoms with Gasteiger partial charge in [-0.2, -0.15) is 8.78 Å². The fraction of sp³-hybridized carbons (Fsp3) is 0.375. The van der Waals surface area contributed by atoms with Crippen molar-refractivity contribution < 1.29 is 23.8 Å². The van der Waals surface area contributed by atoms with Gasteiger partial charge in [-0.15, -0.1) is 11.3 Å². The number of alkyl halides is 2. The van der Waals surface area contributed by atoms with E-state index in [-0.39, 0.29) is 4.88 Å². The van der Waals surface area contributed by atoms with Crippen molar-refractivity contribution in [1.29, 1.82) is 0 Å². The van der Waals surface area contributed by atoms with Gasteiger partial charge < -0.3 is 10.2 Å². The molecular weight excluding hydrogens is 294 g/mol. The minimum atomic E-state index is -4.17. The summed E-state index contributed by atoms with van der Waals surface area (Å²) in [5, 5.41) is 17.4. The largest absolute Gasteiger partial charge is 0.477 e. The van der Waals surface area contributed by atoms with Crippen LogP contribution in [0.15, 0.2) is 10.5 Å². The maximum atomic E-state index is 12.9. The SMILES string of the molecule is Cc1sc(C(O)C(F)(F)C(=O)O)cc1Br. The molecule has 15 heavy (non-hydrogen) atoms. The highest BCUT2D eigenvalue weighted by atomic mass is 79.9. The number of halogens is 3. The van der Waals surface area contributed by atoms with Crippen molar-refractivity contribution >= 4 is 33.2 Å². The van der Waals surface area contributed by atoms with E-state index in [9.17, 15) is 18.7 Å². The second kappa shape index (κ2) is 4.15. The molecule has 2 N–H and O–H groups in total. The van der Waals surface area contributed by atoms with Crippen LogP contribution in [0.2, 0.25) is 0 Å². The summed E-state index contributed by atoms with van der Waals surface area (Å²) < 4.78 is 26.4. The molecule has 0 bridgehead atoms. The van der Waals surface area contributed by atoms with Crippen molar-refractivity contribution in [3.63, 3.8) is 0 Å². The highest BCUT2D eigenvalue weighted by Crippen LogP contribution is 2.38. The Morgan fingerprint density at radius 1 is 1.67 bits per heavy atom. The third kappa shape index (κ3) is 2.35. The number of carboxylic acids is 1. The van der Waals surface area contributed by atoms with Crippen LogP contribution >= 0.6 is 27.3 Å². The maximum Gasteiger partial charge on any atom is 0.377 e. The van der Waals surface area contributed by atoms with Crippen LogP contribution in [-0.4, -0.2) is 22.1 Å². The van der Waals surface area contributed by atoms with Crippen LogP contribution in [0.5, 0.6) is 0 Å². The van der Waals surface area contributed by atoms with E-state index in [1.165, 1.54) is 6.07 Å². The Kier molecular flexibility index (Phi) is 3.47. The summed E-state index contributed by atoms with van der Waals surface area (Å²) in [6.07, 6.45) is -2.31. The van der Waals surface area contributed by atoms with Gasteiger partial charge >= 0.3 is 11.9 Å². The Bertz CT molecular complexity index is 372. The van der Waals surface area contributed by atoms with Crippen LogP contribution in [0.25, 0.3) is 0 Å². The smallest absolute Gasteiger partial charge is 0.377 e. The second-order valence-electron chi connectivity index (χ2n) is 2.88. The van der Waals surface area contributed by atoms with Gasteiger partial charge in [0.15, 0.2) is 6.10 Å². The fourth-order valence-electron chi connectivity index (χ4n) is 0.912. The minimum Gasteiger partial charge on any atom is -0.477 e. The number of aliphatic hydroxyl groups is 1. The van der Waals surface area contributed by atoms with Crippen molar-refractivity contribution in [2.75, 3.05) is 0 Å². The number of aliphatic carboxylic acids is 1. The molecule has 1 heterocycles. The number of carboxylic acid groups (broad SMARTS) is 1. The lowest BCUT2D eigenvalue weighted by Crippen LogP contribution is -2.35. The molecule has 0 amide bonds. The molecule has 1 rings (SSSR count). The van der Waals surface area contributed by atoms with Gasteiger partial charge in [-0.25, -0.2) is 4.79 Å². The van der Waals surface area contributed by atoms with E-state index in [2.05, 4.69) is 15.9 Å². The number of thiophene rings is 1. The van der Waals surface area contributed by atoms with Gasteiger partial charge in [0.1, 0.15) is 0 Å². The van der Waals surface area contributed by atoms with E-state index in [1.807, 2.05) is 0 Å². The number of aliphatic hydroxyl groups excluding tert-OH is 1. The van der Waals surface area contributed by atoms with Crippen LogP contribution in [0.3, 0.4) is 0 Å². The summed E-state index contributed by atoms with van der Waals surface area (Å²) in [5.74, 6) is -6.51. The Morgan fingerprint density at radius 3 is 2.53 bits per heavy atom. The Balaban J connectivity index is 3.04. The van der Waals surface area contributed by atoms with Crippen molar-refractivity contribution in [2.24, 2.45) is 0 Å². The molecule has 0 fully saturated rings. The lowest BCUT2D eigenvalue weighted by molar-refractivity contribution is -0.182. The molecule has 7 heteroatoms. The van der Waals surface area contributed by atoms with Gasteiger partial charge in [-0.1, -0.05) is 0 Å². The molecule has 0 saturated carbocycles. The van der Waals surface area contributed by atoms with E-state index < -0.39 is 18.0 Å². The molecule has 0 spiro atoms. The molecule has 0 aliphatic heterocycles. The van der Waals surface area contributed by atoms with Crippen molar-refractivity contribution in [1.82, 2.24) is 0 Å². The Morgan fingerprint density at radius 2 is 2.20 bits per heavy atom. The monoisotopic (exact) mass is 300 g/mol. The Hall–Kier alpha value is -0.530. The van der Waals surface area contributed by atoms with Crippen molar-refractivity contribution in [3.8, 4) is 0 Å². The molecule has 84 valence electrons. The second-order valence-corrected chi connectivity index (χ2v) is 5.03. The summed E-state index contributed by atoms with van der Waals surface area (Å²) in [6.45, 7) is 1.67. The molecule has 0 aliphatic carbocycles. The van der Waals surface area contributed by atoms with E-state index in [0.29, 0.717) is 9.35 Å². The van der Waals surface area contributed by atoms with Gasteiger partial charge in [0.25, 0.3) is 0 Å². The molecule has 0 aliphatic rings. The topological polar surface area (TPSA) is 57.5 Å². The first kappa shape index (κ1) is 12.5. The van der Waals surface area contributed by atoms with Crippen molar-refractivity contribution in [3.05, 3.63) is 20.3 Å². The first-order valence-electron chi connectivity index (χ1n) is 3.82. The number of aryl methyl sites for hydroxylation is 1. The standard InChI is InChI=1S/C8H7BrF2O3S/c1-3-4(9)2-5(15-3)6(12)8(10,11)7(13)14/h2,6,12H,1H3,(H,13,14). The van der Waals surface area contributed by atoms with Gasteiger partial charge in [-0.3, -0.25) is 0 Å². The molecular formula is C8H7BrF2O3S. The maximum absolute atomic E-state index is 12.9. The lowest BCUT2D eigenvalue weighted by atomic mass is 10.1. The highest BCUT2D eigenvalue weighted by Gasteiger charge is 2.48. The average Bonchev–Trinajstić information content (AvgIpc) is 2.45. The zero-order valence-electron chi connectivity index (χ0n) is 7.50. The van der Waals surface area contributed by atoms with E-state index >= 15 is 0 Å². The predicted molar refractivity (Wildman–Crippen MR) is 54.3 cm³/mol. The lowest BCUT2D eigenvalue weighted by Gasteiger charge is -2.16. The number of carbonyl (C=O) groups is 1. The van der Waals surface area contributed by atoms with Crippen LogP contribution in [-0.2, 0) is 4.79 Å². The van der Waals surface area contributed by atoms with Crippen LogP contribution in [0.1, 0.15) is 15.9 Å². The highest BCUT2D eigenvalue weighted by molar-refractivity contribution is 9.10. The summed E-state index contributed by atoms with van der Waals surface area (Å²) in [6, 6.07) is 1.29. The summed E-state index contributed by atoms with van der Waals surface area (Å²) >= 11 is 4.02. The van der Waals surface area contributed by atoms with Crippen LogP contribution < -0.4 is 0 Å². The fourth-order valence-corrected chi connectivity index (χ4v) is 2.50. The summed E-state index contributed by atoms with van der Waals surface area (Å²) in [5.41, 5.74) is 0. The Labute approximate surface area is 96.5 Å². The van der Waals surface area contributed by atoms with Gasteiger partial charge in [0.2, 0.25) is 0 Å². The molecule has 1 aromatic rings. The van der Waals surface area contributed by atoms with Gasteiger partial charge in [0, 0.05) is 14.2 Å². The predicted octanol–water partition coefficient (Wildman–Crippen LogP) is 2.57. The normalized spacial score (nSPS) is 13.9. The average molecular weight is 301 g/mol. The van der Waals surface area contributed by atoms with Gasteiger partial charge in [-0.05, 0) is 28.9 Å². The first-order valence-corrected chi connectivity index (χ1v) is 5.43. The quantitative estimate of drug-likeness (QED) is 0.902. The summed E-state index contributed by atoms with van der Waals surface area (Å²) in [4.78, 5) is 10.8. The van der Waals surface area contributed by atoms with E-state index in [1.54, 1.807) is 6.92 Å². The summed E-state index contributed by atoms with van der Waals surface area (Å²) in [7, 11) is 0.